The Morgan fingerprint density at radius 2 is 2.19 bits per heavy atom. The number of anilines is 1. The number of carbonyl (C=O) groups is 1. The highest BCUT2D eigenvalue weighted by Gasteiger charge is 2.47. The molecular weight excluding hydrogens is 416 g/mol. The van der Waals surface area contributed by atoms with Crippen molar-refractivity contribution >= 4 is 22.9 Å². The van der Waals surface area contributed by atoms with Crippen LogP contribution in [0.2, 0.25) is 0 Å². The van der Waals surface area contributed by atoms with Gasteiger partial charge < -0.3 is 31.1 Å². The third-order valence-corrected chi connectivity index (χ3v) is 5.95. The van der Waals surface area contributed by atoms with E-state index in [9.17, 15) is 20.1 Å². The van der Waals surface area contributed by atoms with Gasteiger partial charge in [0.1, 0.15) is 23.3 Å². The number of amides is 1. The lowest BCUT2D eigenvalue weighted by molar-refractivity contribution is -0.137. The first-order valence-electron chi connectivity index (χ1n) is 10.8. The highest BCUT2D eigenvalue weighted by Crippen LogP contribution is 2.33. The third-order valence-electron chi connectivity index (χ3n) is 5.95. The van der Waals surface area contributed by atoms with Gasteiger partial charge in [0.05, 0.1) is 6.33 Å². The number of imidazole rings is 1. The van der Waals surface area contributed by atoms with Gasteiger partial charge in [-0.25, -0.2) is 15.0 Å². The van der Waals surface area contributed by atoms with Crippen LogP contribution in [0.4, 0.5) is 5.82 Å². The monoisotopic (exact) mass is 444 g/mol. The molecule has 0 spiro atoms. The first-order chi connectivity index (χ1) is 15.2. The lowest BCUT2D eigenvalue weighted by atomic mass is 9.79. The van der Waals surface area contributed by atoms with E-state index in [4.69, 9.17) is 10.5 Å². The molecule has 1 amide bonds. The molecule has 11 heteroatoms. The summed E-state index contributed by atoms with van der Waals surface area (Å²) >= 11 is 0. The predicted molar refractivity (Wildman–Crippen MR) is 114 cm³/mol. The summed E-state index contributed by atoms with van der Waals surface area (Å²) in [4.78, 5) is 24.9. The number of aromatic nitrogens is 4. The van der Waals surface area contributed by atoms with Gasteiger partial charge in [-0.05, 0) is 38.0 Å². The van der Waals surface area contributed by atoms with Crippen molar-refractivity contribution in [3.63, 3.8) is 0 Å². The summed E-state index contributed by atoms with van der Waals surface area (Å²) in [5, 5.41) is 34.1. The molecule has 0 aromatic carbocycles. The zero-order chi connectivity index (χ0) is 23.0. The second-order valence-electron chi connectivity index (χ2n) is 8.56. The topological polar surface area (TPSA) is 169 Å². The molecule has 6 atom stereocenters. The van der Waals surface area contributed by atoms with Gasteiger partial charge in [0.15, 0.2) is 23.8 Å². The largest absolute Gasteiger partial charge is 0.387 e. The van der Waals surface area contributed by atoms with Gasteiger partial charge in [-0.2, -0.15) is 0 Å². The summed E-state index contributed by atoms with van der Waals surface area (Å²) in [7, 11) is 0. The Kier molecular flexibility index (Phi) is 6.05. The second-order valence-corrected chi connectivity index (χ2v) is 8.56. The van der Waals surface area contributed by atoms with Crippen LogP contribution in [0.25, 0.3) is 11.2 Å². The van der Waals surface area contributed by atoms with Gasteiger partial charge >= 0.3 is 0 Å². The number of aliphatic hydroxyl groups is 3. The molecule has 11 nitrogen and oxygen atoms in total. The molecule has 6 N–H and O–H groups in total. The molecule has 2 aliphatic rings. The van der Waals surface area contributed by atoms with E-state index in [0.717, 1.165) is 12.8 Å². The van der Waals surface area contributed by atoms with Crippen LogP contribution in [-0.2, 0) is 9.53 Å². The lowest BCUT2D eigenvalue weighted by Gasteiger charge is -2.30. The number of hydrogen-bond donors (Lipinski definition) is 5. The fourth-order valence-corrected chi connectivity index (χ4v) is 4.37. The van der Waals surface area contributed by atoms with Gasteiger partial charge in [-0.15, -0.1) is 0 Å². The van der Waals surface area contributed by atoms with Crippen molar-refractivity contribution in [2.24, 2.45) is 5.92 Å². The van der Waals surface area contributed by atoms with Gasteiger partial charge in [0, 0.05) is 6.54 Å². The van der Waals surface area contributed by atoms with Crippen molar-refractivity contribution < 1.29 is 24.9 Å². The number of nitrogen functional groups attached to an aromatic ring is 1. The number of rotatable bonds is 3. The zero-order valence-corrected chi connectivity index (χ0v) is 18.0. The van der Waals surface area contributed by atoms with E-state index in [2.05, 4.69) is 39.0 Å². The molecule has 3 heterocycles. The van der Waals surface area contributed by atoms with Crippen molar-refractivity contribution in [3.8, 4) is 11.8 Å². The quantitative estimate of drug-likeness (QED) is 0.390. The number of nitrogens with zero attached hydrogens (tertiary/aromatic N) is 4. The number of fused-ring (bicyclic) bond motifs is 1. The Morgan fingerprint density at radius 1 is 1.41 bits per heavy atom. The molecule has 0 bridgehead atoms. The van der Waals surface area contributed by atoms with Crippen LogP contribution >= 0.6 is 0 Å². The van der Waals surface area contributed by atoms with E-state index in [1.54, 1.807) is 6.92 Å². The summed E-state index contributed by atoms with van der Waals surface area (Å²) in [6.07, 6.45) is -0.699. The number of hydrogen-bond acceptors (Lipinski definition) is 9. The lowest BCUT2D eigenvalue weighted by Crippen LogP contribution is -2.42. The molecule has 1 aliphatic carbocycles. The molecule has 2 aromatic rings. The smallest absolute Gasteiger partial charge is 0.252 e. The molecule has 1 saturated heterocycles. The molecule has 4 rings (SSSR count). The second kappa shape index (κ2) is 8.63. The first-order valence-corrected chi connectivity index (χ1v) is 10.8. The van der Waals surface area contributed by atoms with E-state index in [1.165, 1.54) is 10.9 Å². The molecule has 2 aromatic heterocycles. The van der Waals surface area contributed by atoms with E-state index in [1.807, 2.05) is 0 Å². The fraction of sp³-hybridized carbons (Fsp3) is 0.619. The highest BCUT2D eigenvalue weighted by molar-refractivity contribution is 5.83. The average Bonchev–Trinajstić information content (AvgIpc) is 3.28. The number of nitrogens with one attached hydrogen (secondary N) is 1. The molecular formula is C21H28N6O5. The van der Waals surface area contributed by atoms with Gasteiger partial charge in [0.2, 0.25) is 5.82 Å². The summed E-state index contributed by atoms with van der Waals surface area (Å²) in [6.45, 7) is 4.18. The van der Waals surface area contributed by atoms with Gasteiger partial charge in [0.25, 0.3) is 5.91 Å². The Morgan fingerprint density at radius 3 is 2.91 bits per heavy atom. The Hall–Kier alpha value is -2.78. The number of nitrogens with two attached hydrogens (primary N) is 1. The van der Waals surface area contributed by atoms with Crippen LogP contribution in [0, 0.1) is 17.8 Å². The zero-order valence-electron chi connectivity index (χ0n) is 18.0. The van der Waals surface area contributed by atoms with Crippen molar-refractivity contribution in [2.45, 2.75) is 69.7 Å². The predicted octanol–water partition coefficient (Wildman–Crippen LogP) is -0.543. The molecule has 0 radical (unpaired) electrons. The van der Waals surface area contributed by atoms with E-state index in [0.29, 0.717) is 25.3 Å². The summed E-state index contributed by atoms with van der Waals surface area (Å²) in [6, 6.07) is 0. The van der Waals surface area contributed by atoms with Crippen molar-refractivity contribution in [2.75, 3.05) is 12.3 Å². The number of carbonyl (C=O) groups excluding carboxylic acids is 1. The van der Waals surface area contributed by atoms with Gasteiger partial charge in [-0.1, -0.05) is 19.3 Å². The Balaban J connectivity index is 1.66. The van der Waals surface area contributed by atoms with Gasteiger partial charge in [-0.3, -0.25) is 9.36 Å². The molecule has 4 unspecified atom stereocenters. The Bertz CT molecular complexity index is 1080. The third kappa shape index (κ3) is 4.14. The number of aliphatic hydroxyl groups excluding tert-OH is 2. The standard InChI is InChI=1S/C21H28N6O5/c1-3-23-19(30)16-14(28)15(29)20(32-16)27-10-24-13-17(22)25-12(26-18(13)27)6-8-21(31)7-4-5-11(2)9-21/h10-11,14-16,20,28-29,31H,3-5,7,9H2,1-2H3,(H,23,30)(H2,22,25,26)/t11?,14?,15?,16?,20-,21-/m0/s1. The normalized spacial score (nSPS) is 32.5. The SMILES string of the molecule is CCNC(=O)C1O[C@H](n2cnc3c(N)nc(C#C[C@@]4(O)CCCC(C)C4)nc32)C(O)C1O. The Labute approximate surface area is 185 Å². The van der Waals surface area contributed by atoms with Crippen molar-refractivity contribution in [3.05, 3.63) is 12.2 Å². The van der Waals surface area contributed by atoms with Crippen molar-refractivity contribution in [1.29, 1.82) is 0 Å². The van der Waals surface area contributed by atoms with Crippen LogP contribution in [0.15, 0.2) is 6.33 Å². The maximum Gasteiger partial charge on any atom is 0.252 e. The fourth-order valence-electron chi connectivity index (χ4n) is 4.37. The molecule has 2 fully saturated rings. The van der Waals surface area contributed by atoms with Crippen LogP contribution in [0.3, 0.4) is 0 Å². The minimum Gasteiger partial charge on any atom is -0.387 e. The molecule has 172 valence electrons. The summed E-state index contributed by atoms with van der Waals surface area (Å²) < 4.78 is 7.04. The maximum absolute atomic E-state index is 12.2. The van der Waals surface area contributed by atoms with E-state index < -0.39 is 36.0 Å². The molecule has 1 saturated carbocycles. The van der Waals surface area contributed by atoms with Crippen LogP contribution < -0.4 is 11.1 Å². The molecule has 1 aliphatic heterocycles. The summed E-state index contributed by atoms with van der Waals surface area (Å²) in [5.41, 5.74) is 5.44. The average molecular weight is 444 g/mol. The first kappa shape index (κ1) is 22.4. The molecule has 32 heavy (non-hydrogen) atoms. The van der Waals surface area contributed by atoms with E-state index >= 15 is 0 Å². The van der Waals surface area contributed by atoms with E-state index in [-0.39, 0.29) is 22.8 Å². The summed E-state index contributed by atoms with van der Waals surface area (Å²) in [5.74, 6) is 5.74. The minimum atomic E-state index is -1.43. The van der Waals surface area contributed by atoms with Crippen LogP contribution in [0.1, 0.15) is 51.6 Å². The van der Waals surface area contributed by atoms with Crippen LogP contribution in [0.5, 0.6) is 0 Å². The number of ether oxygens (including phenoxy) is 1. The number of likely N-dealkylation sites (N-methyl/N-ethyl adjacent to an activating group) is 1. The maximum atomic E-state index is 12.2. The highest BCUT2D eigenvalue weighted by atomic mass is 16.6. The van der Waals surface area contributed by atoms with Crippen LogP contribution in [-0.4, -0.2) is 71.2 Å². The minimum absolute atomic E-state index is 0.0790. The van der Waals surface area contributed by atoms with Crippen molar-refractivity contribution in [1.82, 2.24) is 24.8 Å².